The Kier molecular flexibility index (Phi) is 4.03. The molecule has 1 amide bonds. The van der Waals surface area contributed by atoms with Crippen LogP contribution in [0.15, 0.2) is 39.4 Å². The molecule has 1 aromatic carbocycles. The molecule has 0 saturated heterocycles. The number of aromatic amines is 1. The number of benzene rings is 1. The molecule has 0 bridgehead atoms. The standard InChI is InChI=1S/C13H8Cl2N2O2S2/c14-6-3-7(15)5-8(4-6)21-10-9-1-2-20-12(9)17-11(10)19-13(16)18/h1-5,17H,(H2,16,18). The molecule has 108 valence electrons. The van der Waals surface area contributed by atoms with Gasteiger partial charge in [-0.1, -0.05) is 35.0 Å². The third-order valence-electron chi connectivity index (χ3n) is 2.60. The molecule has 2 aromatic heterocycles. The first-order chi connectivity index (χ1) is 10.0. The Bertz CT molecular complexity index is 809. The van der Waals surface area contributed by atoms with E-state index < -0.39 is 6.09 Å². The number of halogens is 2. The monoisotopic (exact) mass is 358 g/mol. The number of carbonyl (C=O) groups excluding carboxylic acids is 1. The number of aromatic nitrogens is 1. The quantitative estimate of drug-likeness (QED) is 0.680. The van der Waals surface area contributed by atoms with E-state index in [0.29, 0.717) is 15.9 Å². The van der Waals surface area contributed by atoms with Gasteiger partial charge in [-0.05, 0) is 29.6 Å². The van der Waals surface area contributed by atoms with Gasteiger partial charge in [-0.25, -0.2) is 4.79 Å². The van der Waals surface area contributed by atoms with Crippen LogP contribution in [0.2, 0.25) is 10.0 Å². The van der Waals surface area contributed by atoms with Crippen molar-refractivity contribution in [3.05, 3.63) is 39.7 Å². The molecule has 0 aliphatic rings. The largest absolute Gasteiger partial charge is 0.411 e. The lowest BCUT2D eigenvalue weighted by Gasteiger charge is -2.05. The molecule has 0 aliphatic heterocycles. The zero-order valence-corrected chi connectivity index (χ0v) is 13.5. The average Bonchev–Trinajstić information content (AvgIpc) is 2.91. The normalized spacial score (nSPS) is 11.0. The van der Waals surface area contributed by atoms with Crippen molar-refractivity contribution in [3.63, 3.8) is 0 Å². The van der Waals surface area contributed by atoms with E-state index in [-0.39, 0.29) is 0 Å². The Labute approximate surface area is 138 Å². The molecule has 4 nitrogen and oxygen atoms in total. The number of nitrogens with two attached hydrogens (primary N) is 1. The Hall–Kier alpha value is -1.34. The first-order valence-electron chi connectivity index (χ1n) is 5.73. The molecule has 8 heteroatoms. The van der Waals surface area contributed by atoms with E-state index in [0.717, 1.165) is 20.0 Å². The summed E-state index contributed by atoms with van der Waals surface area (Å²) < 4.78 is 5.02. The Morgan fingerprint density at radius 2 is 2.00 bits per heavy atom. The zero-order valence-electron chi connectivity index (χ0n) is 10.4. The van der Waals surface area contributed by atoms with E-state index in [9.17, 15) is 4.79 Å². The van der Waals surface area contributed by atoms with Crippen LogP contribution in [0.5, 0.6) is 5.88 Å². The Morgan fingerprint density at radius 1 is 1.29 bits per heavy atom. The zero-order chi connectivity index (χ0) is 15.0. The number of amides is 1. The lowest BCUT2D eigenvalue weighted by molar-refractivity contribution is 0.208. The third-order valence-corrected chi connectivity index (χ3v) is 4.95. The first-order valence-corrected chi connectivity index (χ1v) is 8.18. The molecular formula is C13H8Cl2N2O2S2. The van der Waals surface area contributed by atoms with Crippen LogP contribution in [0.3, 0.4) is 0 Å². The lowest BCUT2D eigenvalue weighted by atomic mass is 10.4. The fourth-order valence-corrected chi connectivity index (χ4v) is 4.43. The fraction of sp³-hybridized carbons (Fsp3) is 0. The van der Waals surface area contributed by atoms with Crippen molar-refractivity contribution in [3.8, 4) is 5.88 Å². The molecule has 2 heterocycles. The number of thiophene rings is 1. The summed E-state index contributed by atoms with van der Waals surface area (Å²) in [5, 5.41) is 3.99. The minimum Gasteiger partial charge on any atom is -0.392 e. The maximum absolute atomic E-state index is 11.0. The molecule has 0 unspecified atom stereocenters. The molecule has 3 aromatic rings. The maximum Gasteiger partial charge on any atom is 0.411 e. The van der Waals surface area contributed by atoms with Crippen LogP contribution in [0, 0.1) is 0 Å². The average molecular weight is 359 g/mol. The molecule has 0 spiro atoms. The smallest absolute Gasteiger partial charge is 0.392 e. The van der Waals surface area contributed by atoms with Crippen molar-refractivity contribution < 1.29 is 9.53 Å². The first kappa shape index (κ1) is 14.6. The van der Waals surface area contributed by atoms with E-state index in [1.54, 1.807) is 18.2 Å². The van der Waals surface area contributed by atoms with Crippen molar-refractivity contribution in [1.29, 1.82) is 0 Å². The lowest BCUT2D eigenvalue weighted by Crippen LogP contribution is -2.16. The highest BCUT2D eigenvalue weighted by Gasteiger charge is 2.17. The number of nitrogens with one attached hydrogen (secondary N) is 1. The number of hydrogen-bond donors (Lipinski definition) is 2. The van der Waals surface area contributed by atoms with Crippen LogP contribution in [0.1, 0.15) is 0 Å². The summed E-state index contributed by atoms with van der Waals surface area (Å²) in [6, 6.07) is 7.18. The number of rotatable bonds is 3. The van der Waals surface area contributed by atoms with Gasteiger partial charge in [-0.3, -0.25) is 0 Å². The van der Waals surface area contributed by atoms with Crippen LogP contribution in [0.25, 0.3) is 10.2 Å². The molecule has 0 saturated carbocycles. The van der Waals surface area contributed by atoms with Crippen LogP contribution >= 0.6 is 46.3 Å². The number of primary amides is 1. The van der Waals surface area contributed by atoms with Gasteiger partial charge < -0.3 is 15.5 Å². The van der Waals surface area contributed by atoms with E-state index in [2.05, 4.69) is 4.98 Å². The number of ether oxygens (including phenoxy) is 1. The summed E-state index contributed by atoms with van der Waals surface area (Å²) in [6.07, 6.45) is -0.866. The molecule has 0 fully saturated rings. The molecular weight excluding hydrogens is 351 g/mol. The van der Waals surface area contributed by atoms with Crippen molar-refractivity contribution in [2.45, 2.75) is 9.79 Å². The summed E-state index contributed by atoms with van der Waals surface area (Å²) in [7, 11) is 0. The van der Waals surface area contributed by atoms with Gasteiger partial charge in [0.15, 0.2) is 0 Å². The number of carbonyl (C=O) groups is 1. The van der Waals surface area contributed by atoms with Gasteiger partial charge in [0.1, 0.15) is 4.83 Å². The highest BCUT2D eigenvalue weighted by Crippen LogP contribution is 2.43. The second-order valence-electron chi connectivity index (χ2n) is 4.07. The van der Waals surface area contributed by atoms with Crippen LogP contribution in [-0.2, 0) is 0 Å². The molecule has 0 aliphatic carbocycles. The van der Waals surface area contributed by atoms with Crippen molar-refractivity contribution >= 4 is 62.6 Å². The Morgan fingerprint density at radius 3 is 2.67 bits per heavy atom. The summed E-state index contributed by atoms with van der Waals surface area (Å²) >= 11 is 14.9. The van der Waals surface area contributed by atoms with Gasteiger partial charge in [0, 0.05) is 20.3 Å². The van der Waals surface area contributed by atoms with Crippen molar-refractivity contribution in [2.24, 2.45) is 5.73 Å². The third kappa shape index (κ3) is 3.13. The highest BCUT2D eigenvalue weighted by molar-refractivity contribution is 7.99. The summed E-state index contributed by atoms with van der Waals surface area (Å²) in [4.78, 5) is 16.6. The molecule has 3 rings (SSSR count). The molecule has 0 atom stereocenters. The second-order valence-corrected chi connectivity index (χ2v) is 6.95. The minimum atomic E-state index is -0.866. The predicted octanol–water partition coefficient (Wildman–Crippen LogP) is 5.14. The number of fused-ring (bicyclic) bond motifs is 1. The van der Waals surface area contributed by atoms with E-state index in [1.165, 1.54) is 23.1 Å². The van der Waals surface area contributed by atoms with Gasteiger partial charge in [-0.15, -0.1) is 11.3 Å². The van der Waals surface area contributed by atoms with E-state index >= 15 is 0 Å². The van der Waals surface area contributed by atoms with Crippen molar-refractivity contribution in [2.75, 3.05) is 0 Å². The topological polar surface area (TPSA) is 68.1 Å². The SMILES string of the molecule is NC(=O)Oc1[nH]c2sccc2c1Sc1cc(Cl)cc(Cl)c1. The predicted molar refractivity (Wildman–Crippen MR) is 87.0 cm³/mol. The summed E-state index contributed by atoms with van der Waals surface area (Å²) in [6.45, 7) is 0. The van der Waals surface area contributed by atoms with Gasteiger partial charge >= 0.3 is 6.09 Å². The number of H-pyrrole nitrogens is 1. The number of hydrogen-bond acceptors (Lipinski definition) is 4. The second kappa shape index (κ2) is 5.81. The van der Waals surface area contributed by atoms with E-state index in [1.807, 2.05) is 11.4 Å². The van der Waals surface area contributed by atoms with E-state index in [4.69, 9.17) is 33.7 Å². The maximum atomic E-state index is 11.0. The van der Waals surface area contributed by atoms with Crippen molar-refractivity contribution in [1.82, 2.24) is 4.98 Å². The molecule has 21 heavy (non-hydrogen) atoms. The van der Waals surface area contributed by atoms with Gasteiger partial charge in [0.25, 0.3) is 0 Å². The minimum absolute atomic E-state index is 0.324. The summed E-state index contributed by atoms with van der Waals surface area (Å²) in [5.74, 6) is 0.324. The highest BCUT2D eigenvalue weighted by atomic mass is 35.5. The fourth-order valence-electron chi connectivity index (χ4n) is 1.85. The van der Waals surface area contributed by atoms with Gasteiger partial charge in [-0.2, -0.15) is 0 Å². The van der Waals surface area contributed by atoms with Crippen LogP contribution in [0.4, 0.5) is 4.79 Å². The van der Waals surface area contributed by atoms with Crippen LogP contribution in [-0.4, -0.2) is 11.1 Å². The van der Waals surface area contributed by atoms with Gasteiger partial charge in [0.2, 0.25) is 5.88 Å². The molecule has 0 radical (unpaired) electrons. The summed E-state index contributed by atoms with van der Waals surface area (Å²) in [5.41, 5.74) is 5.10. The Balaban J connectivity index is 2.05. The molecule has 3 N–H and O–H groups in total. The van der Waals surface area contributed by atoms with Gasteiger partial charge in [0.05, 0.1) is 4.90 Å². The van der Waals surface area contributed by atoms with Crippen LogP contribution < -0.4 is 10.5 Å².